The Balaban J connectivity index is 1.82. The van der Waals surface area contributed by atoms with E-state index in [-0.39, 0.29) is 5.60 Å². The lowest BCUT2D eigenvalue weighted by molar-refractivity contribution is -0.0447. The lowest BCUT2D eigenvalue weighted by atomic mass is 9.85. The first-order valence-electron chi connectivity index (χ1n) is 8.55. The Morgan fingerprint density at radius 2 is 2.05 bits per heavy atom. The molecule has 2 fully saturated rings. The van der Waals surface area contributed by atoms with Crippen molar-refractivity contribution in [3.63, 3.8) is 0 Å². The van der Waals surface area contributed by atoms with Crippen molar-refractivity contribution >= 4 is 11.3 Å². The van der Waals surface area contributed by atoms with Gasteiger partial charge in [-0.1, -0.05) is 26.2 Å². The second kappa shape index (κ2) is 6.76. The normalized spacial score (nSPS) is 21.6. The maximum Gasteiger partial charge on any atom is 0.125 e. The summed E-state index contributed by atoms with van der Waals surface area (Å²) in [5, 5.41) is 4.80. The first-order chi connectivity index (χ1) is 10.3. The van der Waals surface area contributed by atoms with Crippen LogP contribution in [0.3, 0.4) is 0 Å². The number of rotatable bonds is 7. The quantitative estimate of drug-likeness (QED) is 0.761. The highest BCUT2D eigenvalue weighted by molar-refractivity contribution is 7.11. The van der Waals surface area contributed by atoms with Gasteiger partial charge in [-0.25, -0.2) is 4.98 Å². The van der Waals surface area contributed by atoms with Crippen LogP contribution in [-0.2, 0) is 16.9 Å². The van der Waals surface area contributed by atoms with E-state index in [0.29, 0.717) is 0 Å². The summed E-state index contributed by atoms with van der Waals surface area (Å²) in [7, 11) is 1.87. The van der Waals surface area contributed by atoms with Crippen molar-refractivity contribution < 1.29 is 4.74 Å². The Morgan fingerprint density at radius 1 is 1.29 bits per heavy atom. The Morgan fingerprint density at radius 3 is 2.67 bits per heavy atom. The van der Waals surface area contributed by atoms with E-state index in [2.05, 4.69) is 12.2 Å². The lowest BCUT2D eigenvalue weighted by Crippen LogP contribution is -2.30. The Kier molecular flexibility index (Phi) is 4.97. The van der Waals surface area contributed by atoms with E-state index in [1.807, 2.05) is 18.4 Å². The zero-order chi connectivity index (χ0) is 14.7. The molecule has 3 rings (SSSR count). The average molecular weight is 308 g/mol. The predicted octanol–water partition coefficient (Wildman–Crippen LogP) is 4.33. The lowest BCUT2D eigenvalue weighted by Gasteiger charge is -2.34. The van der Waals surface area contributed by atoms with Gasteiger partial charge in [-0.05, 0) is 38.6 Å². The molecule has 118 valence electrons. The average Bonchev–Trinajstić information content (AvgIpc) is 3.28. The third kappa shape index (κ3) is 3.33. The van der Waals surface area contributed by atoms with E-state index in [1.165, 1.54) is 54.1 Å². The summed E-state index contributed by atoms with van der Waals surface area (Å²) in [6.07, 6.45) is 10.0. The summed E-state index contributed by atoms with van der Waals surface area (Å²) in [4.78, 5) is 6.53. The number of methoxy groups -OCH3 is 1. The van der Waals surface area contributed by atoms with Crippen LogP contribution >= 0.6 is 11.3 Å². The van der Waals surface area contributed by atoms with E-state index in [4.69, 9.17) is 9.72 Å². The predicted molar refractivity (Wildman–Crippen MR) is 87.9 cm³/mol. The van der Waals surface area contributed by atoms with Crippen LogP contribution in [0.1, 0.15) is 79.8 Å². The Hall–Kier alpha value is -0.450. The second-order valence-electron chi connectivity index (χ2n) is 6.54. The topological polar surface area (TPSA) is 34.1 Å². The number of aromatic nitrogens is 1. The molecule has 0 aromatic carbocycles. The van der Waals surface area contributed by atoms with Gasteiger partial charge in [0.1, 0.15) is 10.6 Å². The number of hydrogen-bond acceptors (Lipinski definition) is 4. The molecule has 0 atom stereocenters. The van der Waals surface area contributed by atoms with Crippen molar-refractivity contribution in [3.05, 3.63) is 15.6 Å². The smallest absolute Gasteiger partial charge is 0.125 e. The van der Waals surface area contributed by atoms with Gasteiger partial charge in [-0.2, -0.15) is 0 Å². The molecular weight excluding hydrogens is 280 g/mol. The summed E-state index contributed by atoms with van der Waals surface area (Å²) in [6.45, 7) is 4.29. The van der Waals surface area contributed by atoms with Gasteiger partial charge in [0, 0.05) is 24.4 Å². The molecule has 1 heterocycles. The number of nitrogens with one attached hydrogen (secondary N) is 1. The van der Waals surface area contributed by atoms with Gasteiger partial charge in [0.05, 0.1) is 5.69 Å². The monoisotopic (exact) mass is 308 g/mol. The fraction of sp³-hybridized carbons (Fsp3) is 0.824. The molecule has 1 N–H and O–H groups in total. The van der Waals surface area contributed by atoms with Crippen molar-refractivity contribution in [1.29, 1.82) is 0 Å². The van der Waals surface area contributed by atoms with Gasteiger partial charge < -0.3 is 10.1 Å². The number of nitrogens with zero attached hydrogens (tertiary/aromatic N) is 1. The van der Waals surface area contributed by atoms with E-state index >= 15 is 0 Å². The zero-order valence-electron chi connectivity index (χ0n) is 13.4. The molecule has 2 aliphatic rings. The molecule has 0 saturated heterocycles. The van der Waals surface area contributed by atoms with Crippen LogP contribution in [0.25, 0.3) is 0 Å². The van der Waals surface area contributed by atoms with Crippen LogP contribution in [-0.4, -0.2) is 18.6 Å². The van der Waals surface area contributed by atoms with Gasteiger partial charge in [-0.3, -0.25) is 0 Å². The fourth-order valence-electron chi connectivity index (χ4n) is 3.37. The number of ether oxygens (including phenoxy) is 1. The van der Waals surface area contributed by atoms with Gasteiger partial charge in [0.2, 0.25) is 0 Å². The largest absolute Gasteiger partial charge is 0.371 e. The molecule has 0 amide bonds. The van der Waals surface area contributed by atoms with Crippen LogP contribution in [0, 0.1) is 0 Å². The molecule has 1 aromatic rings. The van der Waals surface area contributed by atoms with Crippen LogP contribution < -0.4 is 5.32 Å². The Labute approximate surface area is 132 Å². The summed E-state index contributed by atoms with van der Waals surface area (Å²) in [5.74, 6) is 0.728. The molecular formula is C17H28N2OS. The molecule has 0 spiro atoms. The van der Waals surface area contributed by atoms with Crippen molar-refractivity contribution in [3.8, 4) is 0 Å². The summed E-state index contributed by atoms with van der Waals surface area (Å²) < 4.78 is 5.99. The molecule has 0 bridgehead atoms. The minimum absolute atomic E-state index is 0.0877. The molecule has 4 heteroatoms. The molecule has 2 aliphatic carbocycles. The highest BCUT2D eigenvalue weighted by Gasteiger charge is 2.39. The molecule has 0 unspecified atom stereocenters. The number of thiazole rings is 1. The van der Waals surface area contributed by atoms with Gasteiger partial charge in [0.15, 0.2) is 0 Å². The molecule has 3 nitrogen and oxygen atoms in total. The molecule has 0 aliphatic heterocycles. The maximum absolute atomic E-state index is 5.99. The minimum atomic E-state index is -0.0877. The van der Waals surface area contributed by atoms with Crippen molar-refractivity contribution in [2.24, 2.45) is 0 Å². The summed E-state index contributed by atoms with van der Waals surface area (Å²) in [5.41, 5.74) is 1.29. The van der Waals surface area contributed by atoms with Crippen LogP contribution in [0.5, 0.6) is 0 Å². The SMILES string of the molecule is CCCNCc1sc(C2(OC)CCCCC2)nc1C1CC1. The molecule has 21 heavy (non-hydrogen) atoms. The maximum atomic E-state index is 5.99. The van der Waals surface area contributed by atoms with Crippen LogP contribution in [0.15, 0.2) is 0 Å². The van der Waals surface area contributed by atoms with Gasteiger partial charge in [0.25, 0.3) is 0 Å². The molecule has 2 saturated carbocycles. The van der Waals surface area contributed by atoms with E-state index in [0.717, 1.165) is 31.8 Å². The van der Waals surface area contributed by atoms with Crippen LogP contribution in [0.4, 0.5) is 0 Å². The third-order valence-corrected chi connectivity index (χ3v) is 6.10. The first kappa shape index (κ1) is 15.4. The van der Waals surface area contributed by atoms with Crippen molar-refractivity contribution in [2.45, 2.75) is 76.4 Å². The van der Waals surface area contributed by atoms with Crippen molar-refractivity contribution in [2.75, 3.05) is 13.7 Å². The van der Waals surface area contributed by atoms with Crippen molar-refractivity contribution in [1.82, 2.24) is 10.3 Å². The van der Waals surface area contributed by atoms with E-state index in [9.17, 15) is 0 Å². The van der Waals surface area contributed by atoms with E-state index < -0.39 is 0 Å². The standard InChI is InChI=1S/C17H28N2OS/c1-3-11-18-12-14-15(13-7-8-13)19-16(21-14)17(20-2)9-5-4-6-10-17/h13,18H,3-12H2,1-2H3. The Bertz CT molecular complexity index is 461. The minimum Gasteiger partial charge on any atom is -0.371 e. The second-order valence-corrected chi connectivity index (χ2v) is 7.62. The summed E-state index contributed by atoms with van der Waals surface area (Å²) >= 11 is 1.91. The zero-order valence-corrected chi connectivity index (χ0v) is 14.2. The molecule has 0 radical (unpaired) electrons. The molecule has 1 aromatic heterocycles. The first-order valence-corrected chi connectivity index (χ1v) is 9.36. The van der Waals surface area contributed by atoms with Crippen LogP contribution in [0.2, 0.25) is 0 Å². The van der Waals surface area contributed by atoms with E-state index in [1.54, 1.807) is 0 Å². The fourth-order valence-corrected chi connectivity index (χ4v) is 4.71. The number of hydrogen-bond donors (Lipinski definition) is 1. The van der Waals surface area contributed by atoms with Gasteiger partial charge >= 0.3 is 0 Å². The van der Waals surface area contributed by atoms with Gasteiger partial charge in [-0.15, -0.1) is 11.3 Å². The highest BCUT2D eigenvalue weighted by Crippen LogP contribution is 2.47. The summed E-state index contributed by atoms with van der Waals surface area (Å²) in [6, 6.07) is 0. The third-order valence-electron chi connectivity index (χ3n) is 4.85. The highest BCUT2D eigenvalue weighted by atomic mass is 32.1.